The maximum absolute atomic E-state index is 12.6. The number of thiazole rings is 1. The van der Waals surface area contributed by atoms with Crippen LogP contribution in [0, 0.1) is 5.92 Å². The number of ether oxygens (including phenoxy) is 2. The topological polar surface area (TPSA) is 77.8 Å². The average Bonchev–Trinajstić information content (AvgIpc) is 3.33. The SMILES string of the molecule is COc1ccc(-c2csc3nc(NC(=O)c4ccc(OCC(C)C)cc4)nn23)cc1. The lowest BCUT2D eigenvalue weighted by molar-refractivity contribution is 0.102. The highest BCUT2D eigenvalue weighted by atomic mass is 32.1. The summed E-state index contributed by atoms with van der Waals surface area (Å²) < 4.78 is 12.6. The first-order valence-electron chi connectivity index (χ1n) is 9.56. The predicted molar refractivity (Wildman–Crippen MR) is 118 cm³/mol. The van der Waals surface area contributed by atoms with Gasteiger partial charge in [-0.1, -0.05) is 13.8 Å². The molecule has 0 aliphatic rings. The number of hydrogen-bond donors (Lipinski definition) is 1. The van der Waals surface area contributed by atoms with Crippen LogP contribution in [0.25, 0.3) is 16.2 Å². The molecule has 30 heavy (non-hydrogen) atoms. The quantitative estimate of drug-likeness (QED) is 0.465. The van der Waals surface area contributed by atoms with E-state index in [0.29, 0.717) is 23.0 Å². The first kappa shape index (κ1) is 19.9. The summed E-state index contributed by atoms with van der Waals surface area (Å²) in [6.07, 6.45) is 0. The minimum absolute atomic E-state index is 0.266. The van der Waals surface area contributed by atoms with Crippen molar-refractivity contribution in [2.75, 3.05) is 19.0 Å². The summed E-state index contributed by atoms with van der Waals surface area (Å²) in [7, 11) is 1.64. The Morgan fingerprint density at radius 1 is 1.10 bits per heavy atom. The van der Waals surface area contributed by atoms with Gasteiger partial charge in [0, 0.05) is 16.5 Å². The predicted octanol–water partition coefficient (Wildman–Crippen LogP) is 4.75. The van der Waals surface area contributed by atoms with Gasteiger partial charge in [0.25, 0.3) is 11.9 Å². The molecule has 7 nitrogen and oxygen atoms in total. The van der Waals surface area contributed by atoms with Gasteiger partial charge >= 0.3 is 0 Å². The van der Waals surface area contributed by atoms with Crippen molar-refractivity contribution >= 4 is 28.2 Å². The largest absolute Gasteiger partial charge is 0.497 e. The summed E-state index contributed by atoms with van der Waals surface area (Å²) in [6.45, 7) is 4.81. The number of anilines is 1. The van der Waals surface area contributed by atoms with Crippen LogP contribution in [0.4, 0.5) is 5.95 Å². The molecule has 0 saturated heterocycles. The molecule has 154 valence electrons. The molecule has 4 rings (SSSR count). The molecule has 1 amide bonds. The van der Waals surface area contributed by atoms with Crippen LogP contribution in [0.1, 0.15) is 24.2 Å². The lowest BCUT2D eigenvalue weighted by Gasteiger charge is -2.09. The maximum Gasteiger partial charge on any atom is 0.258 e. The molecule has 8 heteroatoms. The van der Waals surface area contributed by atoms with E-state index >= 15 is 0 Å². The van der Waals surface area contributed by atoms with E-state index < -0.39 is 0 Å². The Labute approximate surface area is 178 Å². The van der Waals surface area contributed by atoms with Gasteiger partial charge in [0.15, 0.2) is 0 Å². The minimum atomic E-state index is -0.269. The van der Waals surface area contributed by atoms with E-state index in [0.717, 1.165) is 22.8 Å². The van der Waals surface area contributed by atoms with Crippen molar-refractivity contribution in [3.8, 4) is 22.8 Å². The Hall–Kier alpha value is -3.39. The van der Waals surface area contributed by atoms with E-state index in [1.807, 2.05) is 29.6 Å². The van der Waals surface area contributed by atoms with Crippen LogP contribution in [0.2, 0.25) is 0 Å². The standard InChI is InChI=1S/C22H22N4O3S/c1-14(2)12-29-18-10-6-16(7-11-18)20(27)23-21-24-22-26(25-21)19(13-30-22)15-4-8-17(28-3)9-5-15/h4-11,13-14H,12H2,1-3H3,(H,23,25,27). The van der Waals surface area contributed by atoms with Gasteiger partial charge in [-0.15, -0.1) is 16.4 Å². The molecule has 1 N–H and O–H groups in total. The van der Waals surface area contributed by atoms with Gasteiger partial charge in [0.2, 0.25) is 4.96 Å². The number of rotatable bonds is 7. The van der Waals surface area contributed by atoms with E-state index in [-0.39, 0.29) is 11.9 Å². The Bertz CT molecular complexity index is 1150. The van der Waals surface area contributed by atoms with E-state index in [1.165, 1.54) is 11.3 Å². The number of nitrogens with zero attached hydrogens (tertiary/aromatic N) is 3. The molecule has 0 radical (unpaired) electrons. The third kappa shape index (κ3) is 4.28. The monoisotopic (exact) mass is 422 g/mol. The van der Waals surface area contributed by atoms with Crippen LogP contribution in [0.3, 0.4) is 0 Å². The number of methoxy groups -OCH3 is 1. The number of carbonyl (C=O) groups excluding carboxylic acids is 1. The zero-order chi connectivity index (χ0) is 21.1. The van der Waals surface area contributed by atoms with Gasteiger partial charge in [-0.25, -0.2) is 4.52 Å². The van der Waals surface area contributed by atoms with Crippen molar-refractivity contribution in [1.82, 2.24) is 14.6 Å². The Kier molecular flexibility index (Phi) is 5.67. The van der Waals surface area contributed by atoms with Crippen LogP contribution in [0.5, 0.6) is 11.5 Å². The third-order valence-corrected chi connectivity index (χ3v) is 5.21. The van der Waals surface area contributed by atoms with Crippen LogP contribution in [-0.4, -0.2) is 34.2 Å². The van der Waals surface area contributed by atoms with Crippen molar-refractivity contribution in [2.24, 2.45) is 5.92 Å². The number of aromatic nitrogens is 3. The number of amides is 1. The van der Waals surface area contributed by atoms with Gasteiger partial charge < -0.3 is 9.47 Å². The lowest BCUT2D eigenvalue weighted by atomic mass is 10.2. The molecular weight excluding hydrogens is 400 g/mol. The zero-order valence-electron chi connectivity index (χ0n) is 17.0. The fourth-order valence-corrected chi connectivity index (χ4v) is 3.66. The molecule has 0 bridgehead atoms. The number of benzene rings is 2. The maximum atomic E-state index is 12.6. The third-order valence-electron chi connectivity index (χ3n) is 4.39. The molecule has 0 saturated carbocycles. The minimum Gasteiger partial charge on any atom is -0.497 e. The van der Waals surface area contributed by atoms with E-state index in [1.54, 1.807) is 35.9 Å². The van der Waals surface area contributed by atoms with Crippen molar-refractivity contribution in [3.63, 3.8) is 0 Å². The molecule has 0 aliphatic heterocycles. The fraction of sp³-hybridized carbons (Fsp3) is 0.227. The van der Waals surface area contributed by atoms with Crippen LogP contribution in [-0.2, 0) is 0 Å². The molecule has 2 aromatic carbocycles. The van der Waals surface area contributed by atoms with Gasteiger partial charge in [0.1, 0.15) is 11.5 Å². The molecule has 0 spiro atoms. The second kappa shape index (κ2) is 8.54. The van der Waals surface area contributed by atoms with Gasteiger partial charge in [-0.05, 0) is 54.4 Å². The lowest BCUT2D eigenvalue weighted by Crippen LogP contribution is -2.13. The van der Waals surface area contributed by atoms with Gasteiger partial charge in [-0.3, -0.25) is 10.1 Å². The van der Waals surface area contributed by atoms with Crippen molar-refractivity contribution < 1.29 is 14.3 Å². The number of carbonyl (C=O) groups is 1. The smallest absolute Gasteiger partial charge is 0.258 e. The first-order valence-corrected chi connectivity index (χ1v) is 10.4. The molecule has 4 aromatic rings. The summed E-state index contributed by atoms with van der Waals surface area (Å²) in [4.78, 5) is 17.7. The van der Waals surface area contributed by atoms with Crippen molar-refractivity contribution in [2.45, 2.75) is 13.8 Å². The molecular formula is C22H22N4O3S. The van der Waals surface area contributed by atoms with Crippen molar-refractivity contribution in [3.05, 3.63) is 59.5 Å². The van der Waals surface area contributed by atoms with E-state index in [4.69, 9.17) is 9.47 Å². The van der Waals surface area contributed by atoms with Crippen LogP contribution in [0.15, 0.2) is 53.9 Å². The zero-order valence-corrected chi connectivity index (χ0v) is 17.8. The first-order chi connectivity index (χ1) is 14.5. The summed E-state index contributed by atoms with van der Waals surface area (Å²) in [5.41, 5.74) is 2.40. The number of hydrogen-bond acceptors (Lipinski definition) is 6. The van der Waals surface area contributed by atoms with E-state index in [2.05, 4.69) is 29.2 Å². The Morgan fingerprint density at radius 3 is 2.47 bits per heavy atom. The summed E-state index contributed by atoms with van der Waals surface area (Å²) in [5, 5.41) is 9.20. The van der Waals surface area contributed by atoms with Crippen LogP contribution < -0.4 is 14.8 Å². The van der Waals surface area contributed by atoms with Crippen LogP contribution >= 0.6 is 11.3 Å². The van der Waals surface area contributed by atoms with Gasteiger partial charge in [0.05, 0.1) is 19.4 Å². The average molecular weight is 423 g/mol. The molecule has 0 aliphatic carbocycles. The molecule has 0 fully saturated rings. The normalized spacial score (nSPS) is 11.1. The van der Waals surface area contributed by atoms with Gasteiger partial charge in [-0.2, -0.15) is 4.98 Å². The summed E-state index contributed by atoms with van der Waals surface area (Å²) in [5.74, 6) is 1.97. The number of nitrogens with one attached hydrogen (secondary N) is 1. The molecule has 2 heterocycles. The Balaban J connectivity index is 1.48. The second-order valence-electron chi connectivity index (χ2n) is 7.16. The molecule has 0 unspecified atom stereocenters. The highest BCUT2D eigenvalue weighted by Crippen LogP contribution is 2.27. The summed E-state index contributed by atoms with van der Waals surface area (Å²) >= 11 is 1.46. The fourth-order valence-electron chi connectivity index (χ4n) is 2.83. The Morgan fingerprint density at radius 2 is 1.80 bits per heavy atom. The molecule has 0 atom stereocenters. The highest BCUT2D eigenvalue weighted by molar-refractivity contribution is 7.15. The number of fused-ring (bicyclic) bond motifs is 1. The second-order valence-corrected chi connectivity index (χ2v) is 8.00. The van der Waals surface area contributed by atoms with E-state index in [9.17, 15) is 4.79 Å². The molecule has 2 aromatic heterocycles. The highest BCUT2D eigenvalue weighted by Gasteiger charge is 2.14. The van der Waals surface area contributed by atoms with Crippen molar-refractivity contribution in [1.29, 1.82) is 0 Å². The summed E-state index contributed by atoms with van der Waals surface area (Å²) in [6, 6.07) is 14.8.